The van der Waals surface area contributed by atoms with E-state index < -0.39 is 0 Å². The number of aromatic nitrogens is 3. The Bertz CT molecular complexity index is 904. The lowest BCUT2D eigenvalue weighted by molar-refractivity contribution is -0.126. The van der Waals surface area contributed by atoms with Gasteiger partial charge in [-0.2, -0.15) is 0 Å². The molecule has 2 fully saturated rings. The predicted octanol–water partition coefficient (Wildman–Crippen LogP) is 2.20. The standard InChI is InChI=1S/C23H33N7O/c1-16-28-29-21(30(16)2)15-25-23(24-14-17-7-4-3-5-8-17)27-20-10-6-9-18(13-20)22(31)26-19-11-12-19/h3-5,7-8,18-20H,6,9-15H2,1-2H3,(H,26,31)(H2,24,25,27). The number of benzene rings is 1. The fourth-order valence-electron chi connectivity index (χ4n) is 3.97. The zero-order chi connectivity index (χ0) is 21.6. The van der Waals surface area contributed by atoms with Crippen molar-refractivity contribution in [2.24, 2.45) is 18.0 Å². The fraction of sp³-hybridized carbons (Fsp3) is 0.565. The van der Waals surface area contributed by atoms with E-state index in [0.717, 1.165) is 61.7 Å². The van der Waals surface area contributed by atoms with Crippen LogP contribution < -0.4 is 16.0 Å². The van der Waals surface area contributed by atoms with E-state index in [1.807, 2.05) is 36.7 Å². The van der Waals surface area contributed by atoms with E-state index in [1.165, 1.54) is 0 Å². The monoisotopic (exact) mass is 423 g/mol. The van der Waals surface area contributed by atoms with Crippen molar-refractivity contribution < 1.29 is 4.79 Å². The topological polar surface area (TPSA) is 96.2 Å². The van der Waals surface area contributed by atoms with Gasteiger partial charge in [-0.3, -0.25) is 4.79 Å². The highest BCUT2D eigenvalue weighted by Gasteiger charge is 2.31. The molecule has 4 rings (SSSR count). The molecule has 1 heterocycles. The first-order valence-corrected chi connectivity index (χ1v) is 11.3. The number of nitrogens with one attached hydrogen (secondary N) is 3. The summed E-state index contributed by atoms with van der Waals surface area (Å²) in [5, 5.41) is 18.5. The van der Waals surface area contributed by atoms with Gasteiger partial charge < -0.3 is 20.5 Å². The van der Waals surface area contributed by atoms with Crippen LogP contribution in [0.25, 0.3) is 0 Å². The van der Waals surface area contributed by atoms with Crippen LogP contribution in [0, 0.1) is 12.8 Å². The molecule has 2 aliphatic rings. The minimum absolute atomic E-state index is 0.0867. The number of guanidine groups is 1. The molecule has 2 aliphatic carbocycles. The van der Waals surface area contributed by atoms with E-state index in [-0.39, 0.29) is 17.9 Å². The van der Waals surface area contributed by atoms with Crippen LogP contribution >= 0.6 is 0 Å². The summed E-state index contributed by atoms with van der Waals surface area (Å²) in [6.45, 7) is 3.07. The zero-order valence-electron chi connectivity index (χ0n) is 18.5. The van der Waals surface area contributed by atoms with Crippen molar-refractivity contribution in [3.63, 3.8) is 0 Å². The van der Waals surface area contributed by atoms with Crippen molar-refractivity contribution in [1.82, 2.24) is 30.7 Å². The van der Waals surface area contributed by atoms with Gasteiger partial charge in [0.2, 0.25) is 5.91 Å². The molecule has 1 aromatic heterocycles. The van der Waals surface area contributed by atoms with Gasteiger partial charge in [0.15, 0.2) is 11.8 Å². The first-order valence-electron chi connectivity index (χ1n) is 11.3. The molecule has 8 nitrogen and oxygen atoms in total. The highest BCUT2D eigenvalue weighted by atomic mass is 16.2. The zero-order valence-corrected chi connectivity index (χ0v) is 18.5. The Morgan fingerprint density at radius 1 is 1.10 bits per heavy atom. The van der Waals surface area contributed by atoms with E-state index in [9.17, 15) is 4.79 Å². The Morgan fingerprint density at radius 2 is 1.90 bits per heavy atom. The van der Waals surface area contributed by atoms with Gasteiger partial charge in [-0.25, -0.2) is 4.99 Å². The molecule has 2 atom stereocenters. The van der Waals surface area contributed by atoms with Crippen LogP contribution in [0.4, 0.5) is 0 Å². The molecule has 1 amide bonds. The molecule has 0 spiro atoms. The van der Waals surface area contributed by atoms with Gasteiger partial charge in [0.1, 0.15) is 5.82 Å². The summed E-state index contributed by atoms with van der Waals surface area (Å²) in [6.07, 6.45) is 6.16. The first kappa shape index (κ1) is 21.3. The minimum Gasteiger partial charge on any atom is -0.354 e. The maximum Gasteiger partial charge on any atom is 0.223 e. The van der Waals surface area contributed by atoms with Gasteiger partial charge in [-0.05, 0) is 44.6 Å². The van der Waals surface area contributed by atoms with Crippen LogP contribution in [-0.4, -0.2) is 38.7 Å². The van der Waals surface area contributed by atoms with Crippen LogP contribution in [0.2, 0.25) is 0 Å². The van der Waals surface area contributed by atoms with Gasteiger partial charge in [0.25, 0.3) is 0 Å². The molecule has 8 heteroatoms. The van der Waals surface area contributed by atoms with Gasteiger partial charge in [-0.1, -0.05) is 36.8 Å². The van der Waals surface area contributed by atoms with Crippen molar-refractivity contribution in [2.75, 3.05) is 0 Å². The lowest BCUT2D eigenvalue weighted by Crippen LogP contribution is -2.47. The molecule has 2 saturated carbocycles. The largest absolute Gasteiger partial charge is 0.354 e. The van der Waals surface area contributed by atoms with E-state index in [4.69, 9.17) is 4.99 Å². The molecular weight excluding hydrogens is 390 g/mol. The number of carbonyl (C=O) groups is 1. The summed E-state index contributed by atoms with van der Waals surface area (Å²) in [5.41, 5.74) is 1.16. The number of hydrogen-bond donors (Lipinski definition) is 3. The average Bonchev–Trinajstić information content (AvgIpc) is 3.55. The quantitative estimate of drug-likeness (QED) is 0.469. The summed E-state index contributed by atoms with van der Waals surface area (Å²) in [4.78, 5) is 17.3. The molecular formula is C23H33N7O. The number of nitrogens with zero attached hydrogens (tertiary/aromatic N) is 4. The Labute approximate surface area is 183 Å². The van der Waals surface area contributed by atoms with E-state index in [2.05, 4.69) is 38.3 Å². The lowest BCUT2D eigenvalue weighted by Gasteiger charge is -2.30. The lowest BCUT2D eigenvalue weighted by atomic mass is 9.85. The molecule has 2 unspecified atom stereocenters. The summed E-state index contributed by atoms with van der Waals surface area (Å²) in [6, 6.07) is 10.9. The maximum absolute atomic E-state index is 12.5. The van der Waals surface area contributed by atoms with Crippen LogP contribution in [0.3, 0.4) is 0 Å². The molecule has 0 saturated heterocycles. The van der Waals surface area contributed by atoms with Crippen molar-refractivity contribution in [1.29, 1.82) is 0 Å². The first-order chi connectivity index (χ1) is 15.1. The predicted molar refractivity (Wildman–Crippen MR) is 120 cm³/mol. The van der Waals surface area contributed by atoms with Crippen molar-refractivity contribution in [2.45, 2.75) is 70.6 Å². The third-order valence-electron chi connectivity index (χ3n) is 6.17. The van der Waals surface area contributed by atoms with Crippen LogP contribution in [-0.2, 0) is 24.9 Å². The second-order valence-corrected chi connectivity index (χ2v) is 8.71. The van der Waals surface area contributed by atoms with E-state index in [0.29, 0.717) is 19.1 Å². The SMILES string of the molecule is Cc1nnc(CNC(=NCc2ccccc2)NC2CCCC(C(=O)NC3CC3)C2)n1C. The second-order valence-electron chi connectivity index (χ2n) is 8.71. The molecule has 3 N–H and O–H groups in total. The Hall–Kier alpha value is -2.90. The van der Waals surface area contributed by atoms with Crippen LogP contribution in [0.1, 0.15) is 55.7 Å². The molecule has 31 heavy (non-hydrogen) atoms. The average molecular weight is 424 g/mol. The highest BCUT2D eigenvalue weighted by molar-refractivity contribution is 5.81. The van der Waals surface area contributed by atoms with Gasteiger partial charge >= 0.3 is 0 Å². The Balaban J connectivity index is 1.40. The third-order valence-corrected chi connectivity index (χ3v) is 6.17. The Morgan fingerprint density at radius 3 is 2.61 bits per heavy atom. The molecule has 0 radical (unpaired) electrons. The fourth-order valence-corrected chi connectivity index (χ4v) is 3.97. The van der Waals surface area contributed by atoms with E-state index in [1.54, 1.807) is 0 Å². The minimum atomic E-state index is 0.0867. The van der Waals surface area contributed by atoms with Gasteiger partial charge in [-0.15, -0.1) is 10.2 Å². The Kier molecular flexibility index (Phi) is 6.84. The molecule has 2 aromatic rings. The number of hydrogen-bond acceptors (Lipinski definition) is 4. The van der Waals surface area contributed by atoms with Crippen LogP contribution in [0.5, 0.6) is 0 Å². The summed E-state index contributed by atoms with van der Waals surface area (Å²) in [5.74, 6) is 2.79. The summed E-state index contributed by atoms with van der Waals surface area (Å²) < 4.78 is 1.97. The summed E-state index contributed by atoms with van der Waals surface area (Å²) in [7, 11) is 1.96. The smallest absolute Gasteiger partial charge is 0.223 e. The van der Waals surface area contributed by atoms with Crippen LogP contribution in [0.15, 0.2) is 35.3 Å². The number of rotatable bonds is 7. The van der Waals surface area contributed by atoms with Gasteiger partial charge in [0.05, 0.1) is 13.1 Å². The number of aliphatic imine (C=N–C) groups is 1. The maximum atomic E-state index is 12.5. The molecule has 0 bridgehead atoms. The van der Waals surface area contributed by atoms with Crippen molar-refractivity contribution in [3.8, 4) is 0 Å². The van der Waals surface area contributed by atoms with Crippen molar-refractivity contribution in [3.05, 3.63) is 47.5 Å². The summed E-state index contributed by atoms with van der Waals surface area (Å²) >= 11 is 0. The van der Waals surface area contributed by atoms with Gasteiger partial charge in [0, 0.05) is 25.0 Å². The number of amides is 1. The normalized spacial score (nSPS) is 21.5. The molecule has 1 aromatic carbocycles. The number of aryl methyl sites for hydroxylation is 1. The highest BCUT2D eigenvalue weighted by Crippen LogP contribution is 2.26. The number of carbonyl (C=O) groups excluding carboxylic acids is 1. The molecule has 166 valence electrons. The van der Waals surface area contributed by atoms with Crippen molar-refractivity contribution >= 4 is 11.9 Å². The molecule has 0 aliphatic heterocycles. The van der Waals surface area contributed by atoms with E-state index >= 15 is 0 Å². The second kappa shape index (κ2) is 9.94. The third kappa shape index (κ3) is 6.06.